The summed E-state index contributed by atoms with van der Waals surface area (Å²) in [5.74, 6) is -4.50. The van der Waals surface area contributed by atoms with Gasteiger partial charge in [-0.25, -0.2) is 29.9 Å². The number of anilines is 12. The number of fused-ring (bicyclic) bond motifs is 3. The van der Waals surface area contributed by atoms with Gasteiger partial charge in [0.2, 0.25) is 17.5 Å². The molecule has 3 aromatic heterocycles. The van der Waals surface area contributed by atoms with Crippen LogP contribution in [0.25, 0.3) is 33.8 Å². The Balaban J connectivity index is 0.000000148. The number of aromatic nitrogens is 6. The van der Waals surface area contributed by atoms with E-state index in [1.165, 1.54) is 34.7 Å². The van der Waals surface area contributed by atoms with Gasteiger partial charge in [-0.3, -0.25) is 0 Å². The molecule has 0 spiro atoms. The second-order valence-electron chi connectivity index (χ2n) is 22.7. The molecule has 0 saturated heterocycles. The fourth-order valence-electron chi connectivity index (χ4n) is 11.1. The Labute approximate surface area is 604 Å². The molecule has 9 aromatic carbocycles. The molecule has 31 heteroatoms. The van der Waals surface area contributed by atoms with Crippen molar-refractivity contribution in [1.29, 1.82) is 0 Å². The minimum atomic E-state index is -4.85. The third-order valence-corrected chi connectivity index (χ3v) is 15.9. The zero-order valence-electron chi connectivity index (χ0n) is 53.3. The van der Waals surface area contributed by atoms with Crippen molar-refractivity contribution in [2.75, 3.05) is 29.4 Å². The van der Waals surface area contributed by atoms with Crippen molar-refractivity contribution in [3.63, 3.8) is 0 Å². The first-order valence-electron chi connectivity index (χ1n) is 30.7. The Kier molecular flexibility index (Phi) is 20.4. The van der Waals surface area contributed by atoms with Crippen LogP contribution >= 0.6 is 0 Å². The molecule has 1 radical (unpaired) electrons. The molecule has 0 fully saturated rings. The van der Waals surface area contributed by atoms with E-state index in [0.29, 0.717) is 33.8 Å². The summed E-state index contributed by atoms with van der Waals surface area (Å²) < 4.78 is 242. The molecule has 3 aliphatic heterocycles. The van der Waals surface area contributed by atoms with Crippen molar-refractivity contribution in [2.45, 2.75) is 37.1 Å². The molecule has 0 unspecified atom stereocenters. The number of benzene rings is 9. The summed E-state index contributed by atoms with van der Waals surface area (Å²) in [5.41, 5.74) is 1.38. The van der Waals surface area contributed by atoms with Gasteiger partial charge >= 0.3 is 37.1 Å². The number of rotatable bonds is 9. The number of hydrogen-bond donors (Lipinski definition) is 0. The largest absolute Gasteiger partial charge is 0.478 e. The summed E-state index contributed by atoms with van der Waals surface area (Å²) in [7, 11) is 0. The summed E-state index contributed by atoms with van der Waals surface area (Å²) >= 11 is 0. The van der Waals surface area contributed by atoms with Crippen LogP contribution in [0, 0.1) is 38.2 Å². The molecule has 15 rings (SSSR count). The Hall–Kier alpha value is -11.6. The van der Waals surface area contributed by atoms with Crippen molar-refractivity contribution in [1.82, 2.24) is 29.9 Å². The molecular formula is C75H42F18IrN12-6. The molecule has 106 heavy (non-hydrogen) atoms. The maximum atomic E-state index is 13.8. The van der Waals surface area contributed by atoms with Crippen LogP contribution in [-0.2, 0) is 57.2 Å². The van der Waals surface area contributed by atoms with Gasteiger partial charge in [-0.2, -0.15) is 134 Å². The SMILES string of the molecule is FC(F)(F)c1c[c-]c(N2[CH-]N(c3ccccc3)c3c(-c4ccccc4)nc(C(F)(F)F)nc32)cc1.FC(F)(F)c1c[c-]c(N2[CH-]N(c3ccccc3)c3c(-c4ccccc4)nc(C(F)(F)F)nc32)cc1.FC(F)(F)c1c[c-]c(N2[CH-]N(c3ccccc3)c3c(-c4ccccc4)nc(C(F)(F)F)nc32)cc1.[Ir]. The normalized spacial score (nSPS) is 13.6. The summed E-state index contributed by atoms with van der Waals surface area (Å²) in [6.45, 7) is 4.38. The molecule has 6 heterocycles. The van der Waals surface area contributed by atoms with E-state index in [1.54, 1.807) is 197 Å². The van der Waals surface area contributed by atoms with E-state index in [-0.39, 0.29) is 88.8 Å². The van der Waals surface area contributed by atoms with Gasteiger partial charge in [-0.15, -0.1) is 55.3 Å². The molecule has 0 bridgehead atoms. The van der Waals surface area contributed by atoms with Gasteiger partial charge in [0.25, 0.3) is 0 Å². The topological polar surface area (TPSA) is 96.8 Å². The second-order valence-corrected chi connectivity index (χ2v) is 22.7. The molecular weight excluding hydrogens is 1600 g/mol. The maximum absolute atomic E-state index is 13.8. The van der Waals surface area contributed by atoms with Crippen LogP contribution in [0.4, 0.5) is 148 Å². The quantitative estimate of drug-likeness (QED) is 0.102. The van der Waals surface area contributed by atoms with E-state index >= 15 is 0 Å². The number of halogens is 18. The first-order chi connectivity index (χ1) is 49.9. The molecule has 0 saturated carbocycles. The average molecular weight is 1650 g/mol. The summed E-state index contributed by atoms with van der Waals surface area (Å²) in [5, 5.41) is 0. The van der Waals surface area contributed by atoms with Crippen molar-refractivity contribution in [2.24, 2.45) is 0 Å². The van der Waals surface area contributed by atoms with Crippen LogP contribution in [0.3, 0.4) is 0 Å². The maximum Gasteiger partial charge on any atom is 0.451 e. The molecule has 0 amide bonds. The zero-order valence-corrected chi connectivity index (χ0v) is 55.6. The predicted octanol–water partition coefficient (Wildman–Crippen LogP) is 22.2. The molecule has 0 atom stereocenters. The van der Waals surface area contributed by atoms with Crippen LogP contribution < -0.4 is 29.4 Å². The number of hydrogen-bond acceptors (Lipinski definition) is 12. The van der Waals surface area contributed by atoms with Gasteiger partial charge < -0.3 is 29.4 Å². The molecule has 543 valence electrons. The predicted molar refractivity (Wildman–Crippen MR) is 353 cm³/mol. The first-order valence-corrected chi connectivity index (χ1v) is 30.7. The molecule has 0 aliphatic carbocycles. The molecule has 12 aromatic rings. The van der Waals surface area contributed by atoms with E-state index in [9.17, 15) is 79.0 Å². The summed E-state index contributed by atoms with van der Waals surface area (Å²) in [4.78, 5) is 31.5. The Morgan fingerprint density at radius 2 is 0.462 bits per heavy atom. The van der Waals surface area contributed by atoms with E-state index in [0.717, 1.165) is 54.6 Å². The smallest absolute Gasteiger partial charge is 0.451 e. The zero-order chi connectivity index (χ0) is 74.4. The average Bonchev–Trinajstić information content (AvgIpc) is 1.58. The van der Waals surface area contributed by atoms with E-state index in [1.807, 2.05) is 0 Å². The standard InChI is InChI=1S/3C25H14F6N4.Ir/c3*26-24(27,28)17-11-13-19(14-12-17)35-15-34(18-9-5-2-6-10-18)21-20(16-7-3-1-4-8-16)32-23(25(29,30)31)33-22(21)35;/h3*1-13,15H;/q3*-2;. The van der Waals surface area contributed by atoms with Crippen LogP contribution in [0.1, 0.15) is 34.2 Å². The van der Waals surface area contributed by atoms with E-state index in [4.69, 9.17) is 0 Å². The van der Waals surface area contributed by atoms with Crippen LogP contribution in [0.5, 0.6) is 0 Å². The van der Waals surface area contributed by atoms with E-state index < -0.39 is 71.2 Å². The van der Waals surface area contributed by atoms with Crippen molar-refractivity contribution in [3.05, 3.63) is 309 Å². The Morgan fingerprint density at radius 3 is 0.651 bits per heavy atom. The Bertz CT molecular complexity index is 4520. The monoisotopic (exact) mass is 1650 g/mol. The molecule has 12 nitrogen and oxygen atoms in total. The van der Waals surface area contributed by atoms with Gasteiger partial charge in [-0.1, -0.05) is 162 Å². The minimum absolute atomic E-state index is 0. The van der Waals surface area contributed by atoms with E-state index in [2.05, 4.69) is 48.1 Å². The Morgan fingerprint density at radius 1 is 0.245 bits per heavy atom. The third kappa shape index (κ3) is 15.6. The minimum Gasteiger partial charge on any atom is -0.478 e. The fraction of sp³-hybridized carbons (Fsp3) is 0.0800. The van der Waals surface area contributed by atoms with Crippen LogP contribution in [0.2, 0.25) is 0 Å². The van der Waals surface area contributed by atoms with Crippen molar-refractivity contribution < 1.29 is 99.1 Å². The number of nitrogens with zero attached hydrogens (tertiary/aromatic N) is 12. The van der Waals surface area contributed by atoms with Crippen LogP contribution in [-0.4, -0.2) is 29.9 Å². The third-order valence-electron chi connectivity index (χ3n) is 15.9. The van der Waals surface area contributed by atoms with Crippen molar-refractivity contribution >= 4 is 68.6 Å². The van der Waals surface area contributed by atoms with Crippen LogP contribution in [0.15, 0.2) is 237 Å². The van der Waals surface area contributed by atoms with Gasteiger partial charge in [0.1, 0.15) is 17.5 Å². The van der Waals surface area contributed by atoms with Gasteiger partial charge in [0.05, 0.1) is 34.1 Å². The molecule has 0 N–H and O–H groups in total. The van der Waals surface area contributed by atoms with Gasteiger partial charge in [-0.05, 0) is 36.4 Å². The summed E-state index contributed by atoms with van der Waals surface area (Å²) in [6.07, 6.45) is -28.3. The summed E-state index contributed by atoms with van der Waals surface area (Å²) in [6, 6.07) is 67.0. The first kappa shape index (κ1) is 74.1. The van der Waals surface area contributed by atoms with Gasteiger partial charge in [0, 0.05) is 53.9 Å². The number of para-hydroxylation sites is 3. The number of alkyl halides is 18. The molecule has 3 aliphatic rings. The second kappa shape index (κ2) is 29.2. The van der Waals surface area contributed by atoms with Crippen molar-refractivity contribution in [3.8, 4) is 33.8 Å². The van der Waals surface area contributed by atoms with Gasteiger partial charge in [0.15, 0.2) is 0 Å². The fourth-order valence-corrected chi connectivity index (χ4v) is 11.1.